The Balaban J connectivity index is 2.09. The van der Waals surface area contributed by atoms with Crippen molar-refractivity contribution in [2.75, 3.05) is 24.2 Å². The van der Waals surface area contributed by atoms with Crippen molar-refractivity contribution in [3.63, 3.8) is 0 Å². The van der Waals surface area contributed by atoms with Crippen molar-refractivity contribution in [1.82, 2.24) is 10.2 Å². The largest absolute Gasteiger partial charge is 0.497 e. The van der Waals surface area contributed by atoms with E-state index in [-0.39, 0.29) is 24.2 Å². The van der Waals surface area contributed by atoms with Gasteiger partial charge in [0, 0.05) is 30.1 Å². The Kier molecular flexibility index (Phi) is 9.92. The lowest BCUT2D eigenvalue weighted by atomic mass is 10.0. The molecule has 2 amide bonds. The molecule has 0 spiro atoms. The summed E-state index contributed by atoms with van der Waals surface area (Å²) in [5.74, 6) is -1.23. The second kappa shape index (κ2) is 13.0. The molecule has 0 radical (unpaired) electrons. The first-order chi connectivity index (χ1) is 18.8. The average molecular weight is 570 g/mol. The summed E-state index contributed by atoms with van der Waals surface area (Å²) in [7, 11) is -2.48. The summed E-state index contributed by atoms with van der Waals surface area (Å²) in [5, 5.41) is 2.93. The standard InChI is InChI=1S/C30H36FN3O5S/c1-30(2,3)32-29(36)27(18-22-12-7-6-8-13-22)33(20-23-14-9-10-17-26(23)31)28(35)21-34(40(5,37)38)24-15-11-16-25(19-24)39-4/h6-17,19,27H,18,20-21H2,1-5H3,(H,32,36). The number of benzene rings is 3. The Morgan fingerprint density at radius 3 is 2.23 bits per heavy atom. The molecule has 0 saturated heterocycles. The third-order valence-electron chi connectivity index (χ3n) is 6.09. The minimum atomic E-state index is -3.93. The minimum absolute atomic E-state index is 0.140. The van der Waals surface area contributed by atoms with Crippen LogP contribution in [0.25, 0.3) is 0 Å². The van der Waals surface area contributed by atoms with Crippen molar-refractivity contribution >= 4 is 27.5 Å². The summed E-state index contributed by atoms with van der Waals surface area (Å²) in [4.78, 5) is 29.0. The number of nitrogens with zero attached hydrogens (tertiary/aromatic N) is 2. The van der Waals surface area contributed by atoms with Gasteiger partial charge in [0.1, 0.15) is 24.2 Å². The molecular formula is C30H36FN3O5S. The van der Waals surface area contributed by atoms with Gasteiger partial charge in [-0.2, -0.15) is 0 Å². The van der Waals surface area contributed by atoms with Gasteiger partial charge in [-0.3, -0.25) is 13.9 Å². The van der Waals surface area contributed by atoms with E-state index in [0.29, 0.717) is 5.75 Å². The number of anilines is 1. The van der Waals surface area contributed by atoms with E-state index in [2.05, 4.69) is 5.32 Å². The van der Waals surface area contributed by atoms with Crippen molar-refractivity contribution in [1.29, 1.82) is 0 Å². The lowest BCUT2D eigenvalue weighted by molar-refractivity contribution is -0.140. The fourth-order valence-corrected chi connectivity index (χ4v) is 5.04. The molecule has 40 heavy (non-hydrogen) atoms. The monoisotopic (exact) mass is 569 g/mol. The highest BCUT2D eigenvalue weighted by Gasteiger charge is 2.34. The summed E-state index contributed by atoms with van der Waals surface area (Å²) in [6.07, 6.45) is 1.13. The molecule has 0 aromatic heterocycles. The Morgan fingerprint density at radius 2 is 1.62 bits per heavy atom. The molecule has 1 atom stereocenters. The topological polar surface area (TPSA) is 96.0 Å². The third-order valence-corrected chi connectivity index (χ3v) is 7.23. The van der Waals surface area contributed by atoms with Gasteiger partial charge in [0.25, 0.3) is 0 Å². The normalized spacial score (nSPS) is 12.3. The van der Waals surface area contributed by atoms with E-state index in [0.717, 1.165) is 16.1 Å². The Morgan fingerprint density at radius 1 is 0.975 bits per heavy atom. The van der Waals surface area contributed by atoms with Crippen molar-refractivity contribution < 1.29 is 27.1 Å². The Labute approximate surface area is 235 Å². The van der Waals surface area contributed by atoms with Gasteiger partial charge in [0.15, 0.2) is 0 Å². The van der Waals surface area contributed by atoms with E-state index in [1.165, 1.54) is 36.3 Å². The van der Waals surface area contributed by atoms with Crippen LogP contribution in [0.15, 0.2) is 78.9 Å². The number of halogens is 1. The quantitative estimate of drug-likeness (QED) is 0.374. The van der Waals surface area contributed by atoms with Crippen LogP contribution in [0.3, 0.4) is 0 Å². The number of hydrogen-bond donors (Lipinski definition) is 1. The summed E-state index contributed by atoms with van der Waals surface area (Å²) in [5.41, 5.74) is 0.596. The van der Waals surface area contributed by atoms with Crippen LogP contribution in [-0.4, -0.2) is 56.6 Å². The van der Waals surface area contributed by atoms with Crippen molar-refractivity contribution in [3.05, 3.63) is 95.8 Å². The number of nitrogens with one attached hydrogen (secondary N) is 1. The summed E-state index contributed by atoms with van der Waals surface area (Å²) < 4.78 is 46.7. The lowest BCUT2D eigenvalue weighted by Crippen LogP contribution is -2.56. The van der Waals surface area contributed by atoms with Crippen molar-refractivity contribution in [2.24, 2.45) is 0 Å². The molecule has 214 valence electrons. The van der Waals surface area contributed by atoms with Gasteiger partial charge in [-0.15, -0.1) is 0 Å². The maximum absolute atomic E-state index is 14.8. The number of hydrogen-bond acceptors (Lipinski definition) is 5. The highest BCUT2D eigenvalue weighted by molar-refractivity contribution is 7.92. The van der Waals surface area contributed by atoms with Crippen LogP contribution in [0.2, 0.25) is 0 Å². The number of methoxy groups -OCH3 is 1. The predicted octanol–water partition coefficient (Wildman–Crippen LogP) is 4.16. The first kappa shape index (κ1) is 30.6. The zero-order valence-corrected chi connectivity index (χ0v) is 24.2. The zero-order valence-electron chi connectivity index (χ0n) is 23.4. The second-order valence-electron chi connectivity index (χ2n) is 10.5. The smallest absolute Gasteiger partial charge is 0.244 e. The van der Waals surface area contributed by atoms with Gasteiger partial charge >= 0.3 is 0 Å². The van der Waals surface area contributed by atoms with Crippen molar-refractivity contribution in [3.8, 4) is 5.75 Å². The van der Waals surface area contributed by atoms with Crippen LogP contribution in [0, 0.1) is 5.82 Å². The molecular weight excluding hydrogens is 533 g/mol. The van der Waals surface area contributed by atoms with E-state index < -0.39 is 45.8 Å². The van der Waals surface area contributed by atoms with Gasteiger partial charge in [0.05, 0.1) is 19.1 Å². The van der Waals surface area contributed by atoms with Gasteiger partial charge in [-0.25, -0.2) is 12.8 Å². The SMILES string of the molecule is COc1cccc(N(CC(=O)N(Cc2ccccc2F)C(Cc2ccccc2)C(=O)NC(C)(C)C)S(C)(=O)=O)c1. The molecule has 0 aliphatic heterocycles. The number of carbonyl (C=O) groups is 2. The first-order valence-corrected chi connectivity index (χ1v) is 14.6. The van der Waals surface area contributed by atoms with Gasteiger partial charge < -0.3 is 15.0 Å². The third kappa shape index (κ3) is 8.54. The van der Waals surface area contributed by atoms with Crippen LogP contribution in [-0.2, 0) is 32.6 Å². The molecule has 1 N–H and O–H groups in total. The van der Waals surface area contributed by atoms with E-state index in [1.807, 2.05) is 51.1 Å². The van der Waals surface area contributed by atoms with Crippen LogP contribution < -0.4 is 14.4 Å². The summed E-state index contributed by atoms with van der Waals surface area (Å²) in [6, 6.07) is 20.4. The number of ether oxygens (including phenoxy) is 1. The van der Waals surface area contributed by atoms with E-state index >= 15 is 0 Å². The molecule has 0 aliphatic carbocycles. The molecule has 10 heteroatoms. The van der Waals surface area contributed by atoms with Gasteiger partial charge in [-0.1, -0.05) is 54.6 Å². The number of sulfonamides is 1. The van der Waals surface area contributed by atoms with Crippen LogP contribution in [0.5, 0.6) is 5.75 Å². The van der Waals surface area contributed by atoms with E-state index in [9.17, 15) is 22.4 Å². The second-order valence-corrected chi connectivity index (χ2v) is 12.4. The first-order valence-electron chi connectivity index (χ1n) is 12.8. The fourth-order valence-electron chi connectivity index (χ4n) is 4.20. The molecule has 8 nitrogen and oxygen atoms in total. The van der Waals surface area contributed by atoms with E-state index in [4.69, 9.17) is 4.74 Å². The van der Waals surface area contributed by atoms with Crippen LogP contribution in [0.4, 0.5) is 10.1 Å². The molecule has 1 unspecified atom stereocenters. The molecule has 0 aliphatic rings. The number of rotatable bonds is 11. The Hall–Kier alpha value is -3.92. The van der Waals surface area contributed by atoms with Crippen LogP contribution >= 0.6 is 0 Å². The van der Waals surface area contributed by atoms with E-state index in [1.54, 1.807) is 24.3 Å². The fraction of sp³-hybridized carbons (Fsp3) is 0.333. The zero-order chi connectivity index (χ0) is 29.5. The molecule has 0 saturated carbocycles. The minimum Gasteiger partial charge on any atom is -0.497 e. The molecule has 0 fully saturated rings. The molecule has 3 aromatic carbocycles. The molecule has 3 rings (SSSR count). The highest BCUT2D eigenvalue weighted by atomic mass is 32.2. The average Bonchev–Trinajstić information content (AvgIpc) is 2.89. The number of amides is 2. The van der Waals surface area contributed by atoms with Crippen LogP contribution in [0.1, 0.15) is 31.9 Å². The maximum atomic E-state index is 14.8. The Bertz CT molecular complexity index is 1420. The lowest BCUT2D eigenvalue weighted by Gasteiger charge is -2.35. The van der Waals surface area contributed by atoms with Gasteiger partial charge in [-0.05, 0) is 44.5 Å². The summed E-state index contributed by atoms with van der Waals surface area (Å²) >= 11 is 0. The molecule has 0 heterocycles. The summed E-state index contributed by atoms with van der Waals surface area (Å²) in [6.45, 7) is 4.62. The molecule has 3 aromatic rings. The molecule has 0 bridgehead atoms. The predicted molar refractivity (Wildman–Crippen MR) is 154 cm³/mol. The van der Waals surface area contributed by atoms with Crippen molar-refractivity contribution in [2.45, 2.75) is 45.3 Å². The maximum Gasteiger partial charge on any atom is 0.244 e. The highest BCUT2D eigenvalue weighted by Crippen LogP contribution is 2.24. The number of carbonyl (C=O) groups excluding carboxylic acids is 2. The van der Waals surface area contributed by atoms with Gasteiger partial charge in [0.2, 0.25) is 21.8 Å².